The number of halogens is 2. The van der Waals surface area contributed by atoms with Gasteiger partial charge in [0.1, 0.15) is 16.3 Å². The Hall–Kier alpha value is -0.710. The lowest BCUT2D eigenvalue weighted by Crippen LogP contribution is -1.82. The van der Waals surface area contributed by atoms with Gasteiger partial charge < -0.3 is 10.2 Å². The average molecular weight is 235 g/mol. The van der Waals surface area contributed by atoms with Crippen molar-refractivity contribution >= 4 is 40.6 Å². The minimum atomic E-state index is 0.119. The summed E-state index contributed by atoms with van der Waals surface area (Å²) in [6, 6.07) is 1.85. The Kier molecular flexibility index (Phi) is 2.19. The lowest BCUT2D eigenvalue weighted by Gasteiger charge is -1.87. The molecule has 2 aromatic rings. The molecule has 0 aliphatic rings. The van der Waals surface area contributed by atoms with Gasteiger partial charge in [0.25, 0.3) is 6.01 Å². The fraction of sp³-hybridized carbons (Fsp3) is 0. The van der Waals surface area contributed by atoms with Gasteiger partial charge in [-0.3, -0.25) is 0 Å². The van der Waals surface area contributed by atoms with Crippen molar-refractivity contribution in [3.63, 3.8) is 0 Å². The number of anilines is 1. The van der Waals surface area contributed by atoms with Gasteiger partial charge in [-0.25, -0.2) is 0 Å². The van der Waals surface area contributed by atoms with Gasteiger partial charge in [-0.1, -0.05) is 23.2 Å². The van der Waals surface area contributed by atoms with Crippen molar-refractivity contribution in [2.24, 2.45) is 0 Å². The second-order valence-electron chi connectivity index (χ2n) is 2.31. The number of nitrogens with zero attached hydrogens (tertiary/aromatic N) is 1. The first-order valence-electron chi connectivity index (χ1n) is 3.33. The summed E-state index contributed by atoms with van der Waals surface area (Å²) >= 11 is 12.9. The molecular formula is C7H4Cl2N2OS. The van der Waals surface area contributed by atoms with Gasteiger partial charge in [0.2, 0.25) is 0 Å². The molecule has 13 heavy (non-hydrogen) atoms. The Bertz CT molecular complexity index is 437. The third kappa shape index (κ3) is 1.65. The first-order valence-corrected chi connectivity index (χ1v) is 4.90. The molecule has 0 spiro atoms. The van der Waals surface area contributed by atoms with Crippen LogP contribution in [0.5, 0.6) is 0 Å². The minimum absolute atomic E-state index is 0.119. The lowest BCUT2D eigenvalue weighted by atomic mass is 10.3. The highest BCUT2D eigenvalue weighted by atomic mass is 35.5. The Morgan fingerprint density at radius 3 is 2.69 bits per heavy atom. The Morgan fingerprint density at radius 1 is 1.46 bits per heavy atom. The van der Waals surface area contributed by atoms with Crippen molar-refractivity contribution in [1.82, 2.24) is 4.98 Å². The molecule has 0 bridgehead atoms. The molecule has 0 saturated carbocycles. The number of rotatable bonds is 1. The number of oxazole rings is 1. The highest BCUT2D eigenvalue weighted by Gasteiger charge is 2.11. The number of thiophene rings is 1. The molecule has 0 aromatic carbocycles. The monoisotopic (exact) mass is 234 g/mol. The van der Waals surface area contributed by atoms with Crippen LogP contribution < -0.4 is 5.73 Å². The lowest BCUT2D eigenvalue weighted by molar-refractivity contribution is 0.581. The molecule has 2 rings (SSSR count). The van der Waals surface area contributed by atoms with E-state index in [0.717, 1.165) is 5.56 Å². The molecule has 2 aromatic heterocycles. The van der Waals surface area contributed by atoms with E-state index in [1.165, 1.54) is 17.6 Å². The van der Waals surface area contributed by atoms with Crippen LogP contribution in [0.2, 0.25) is 8.67 Å². The van der Waals surface area contributed by atoms with Gasteiger partial charge in [0.15, 0.2) is 0 Å². The molecule has 0 aliphatic heterocycles. The Morgan fingerprint density at radius 2 is 2.23 bits per heavy atom. The average Bonchev–Trinajstić information content (AvgIpc) is 2.58. The zero-order valence-corrected chi connectivity index (χ0v) is 8.58. The molecule has 0 radical (unpaired) electrons. The van der Waals surface area contributed by atoms with E-state index in [0.29, 0.717) is 14.4 Å². The van der Waals surface area contributed by atoms with Gasteiger partial charge >= 0.3 is 0 Å². The van der Waals surface area contributed by atoms with E-state index in [-0.39, 0.29) is 6.01 Å². The zero-order valence-electron chi connectivity index (χ0n) is 6.25. The predicted molar refractivity (Wildman–Crippen MR) is 54.2 cm³/mol. The quantitative estimate of drug-likeness (QED) is 0.824. The van der Waals surface area contributed by atoms with Crippen LogP contribution in [-0.2, 0) is 0 Å². The number of aromatic nitrogens is 1. The molecule has 0 fully saturated rings. The largest absolute Gasteiger partial charge is 0.432 e. The van der Waals surface area contributed by atoms with Crippen LogP contribution >= 0.6 is 34.5 Å². The van der Waals surface area contributed by atoms with Gasteiger partial charge in [-0.15, -0.1) is 11.3 Å². The summed E-state index contributed by atoms with van der Waals surface area (Å²) in [4.78, 5) is 3.93. The van der Waals surface area contributed by atoms with Crippen molar-refractivity contribution < 1.29 is 4.42 Å². The van der Waals surface area contributed by atoms with Crippen LogP contribution in [0.25, 0.3) is 11.3 Å². The standard InChI is InChI=1S/C7H4Cl2N2OS/c8-5-1-3(6(9)13-5)4-2-12-7(10)11-4/h1-2H,(H2,10,11). The van der Waals surface area contributed by atoms with Crippen LogP contribution in [0.4, 0.5) is 6.01 Å². The second kappa shape index (κ2) is 3.21. The van der Waals surface area contributed by atoms with Crippen molar-refractivity contribution in [3.8, 4) is 11.3 Å². The molecule has 0 atom stereocenters. The normalized spacial score (nSPS) is 10.6. The molecular weight excluding hydrogens is 231 g/mol. The fourth-order valence-electron chi connectivity index (χ4n) is 0.926. The van der Waals surface area contributed by atoms with Gasteiger partial charge in [0, 0.05) is 5.56 Å². The molecule has 2 heterocycles. The Balaban J connectivity index is 2.51. The van der Waals surface area contributed by atoms with Crippen LogP contribution in [0.3, 0.4) is 0 Å². The third-order valence-electron chi connectivity index (χ3n) is 1.45. The molecule has 0 unspecified atom stereocenters. The van der Waals surface area contributed by atoms with E-state index < -0.39 is 0 Å². The molecule has 0 saturated heterocycles. The predicted octanol–water partition coefficient (Wildman–Crippen LogP) is 3.29. The minimum Gasteiger partial charge on any atom is -0.432 e. The highest BCUT2D eigenvalue weighted by Crippen LogP contribution is 2.37. The third-order valence-corrected chi connectivity index (χ3v) is 2.94. The first-order chi connectivity index (χ1) is 6.16. The maximum atomic E-state index is 5.90. The summed E-state index contributed by atoms with van der Waals surface area (Å²) < 4.78 is 6.05. The fourth-order valence-corrected chi connectivity index (χ4v) is 2.41. The summed E-state index contributed by atoms with van der Waals surface area (Å²) in [5.74, 6) is 0. The highest BCUT2D eigenvalue weighted by molar-refractivity contribution is 7.20. The second-order valence-corrected chi connectivity index (χ2v) is 4.59. The molecule has 3 nitrogen and oxygen atoms in total. The summed E-state index contributed by atoms with van der Waals surface area (Å²) in [5.41, 5.74) is 6.67. The first kappa shape index (κ1) is 8.87. The molecule has 6 heteroatoms. The van der Waals surface area contributed by atoms with Gasteiger partial charge in [0.05, 0.1) is 4.34 Å². The summed E-state index contributed by atoms with van der Waals surface area (Å²) in [7, 11) is 0. The summed E-state index contributed by atoms with van der Waals surface area (Å²) in [6.45, 7) is 0. The van der Waals surface area contributed by atoms with Crippen molar-refractivity contribution in [2.75, 3.05) is 5.73 Å². The molecule has 0 aliphatic carbocycles. The van der Waals surface area contributed by atoms with Gasteiger partial charge in [-0.2, -0.15) is 4.98 Å². The van der Waals surface area contributed by atoms with Gasteiger partial charge in [-0.05, 0) is 6.07 Å². The maximum Gasteiger partial charge on any atom is 0.292 e. The molecule has 0 amide bonds. The zero-order chi connectivity index (χ0) is 9.42. The van der Waals surface area contributed by atoms with Crippen LogP contribution in [0.1, 0.15) is 0 Å². The molecule has 68 valence electrons. The van der Waals surface area contributed by atoms with Crippen molar-refractivity contribution in [3.05, 3.63) is 21.0 Å². The van der Waals surface area contributed by atoms with Crippen molar-refractivity contribution in [2.45, 2.75) is 0 Å². The van der Waals surface area contributed by atoms with Crippen LogP contribution in [0.15, 0.2) is 16.7 Å². The Labute approximate surface area is 88.1 Å². The van der Waals surface area contributed by atoms with E-state index in [1.807, 2.05) is 0 Å². The van der Waals surface area contributed by atoms with E-state index in [1.54, 1.807) is 6.07 Å². The van der Waals surface area contributed by atoms with E-state index in [4.69, 9.17) is 33.4 Å². The maximum absolute atomic E-state index is 5.90. The molecule has 2 N–H and O–H groups in total. The number of hydrogen-bond donors (Lipinski definition) is 1. The summed E-state index contributed by atoms with van der Waals surface area (Å²) in [6.07, 6.45) is 1.44. The summed E-state index contributed by atoms with van der Waals surface area (Å²) in [5, 5.41) is 0. The number of hydrogen-bond acceptors (Lipinski definition) is 4. The van der Waals surface area contributed by atoms with Crippen molar-refractivity contribution in [1.29, 1.82) is 0 Å². The van der Waals surface area contributed by atoms with Crippen LogP contribution in [-0.4, -0.2) is 4.98 Å². The van der Waals surface area contributed by atoms with E-state index in [9.17, 15) is 0 Å². The number of nitrogen functional groups attached to an aromatic ring is 1. The van der Waals surface area contributed by atoms with Crippen LogP contribution in [0, 0.1) is 0 Å². The number of nitrogens with two attached hydrogens (primary N) is 1. The van der Waals surface area contributed by atoms with E-state index >= 15 is 0 Å². The van der Waals surface area contributed by atoms with E-state index in [2.05, 4.69) is 4.98 Å². The SMILES string of the molecule is Nc1nc(-c2cc(Cl)sc2Cl)co1. The topological polar surface area (TPSA) is 52.0 Å². The smallest absolute Gasteiger partial charge is 0.292 e.